The molecule has 0 saturated carbocycles. The van der Waals surface area contributed by atoms with Gasteiger partial charge in [-0.05, 0) is 42.0 Å². The molecule has 0 unspecified atom stereocenters. The number of carbonyl (C=O) groups excluding carboxylic acids is 1. The van der Waals surface area contributed by atoms with Crippen LogP contribution in [0.25, 0.3) is 11.1 Å². The fourth-order valence-corrected chi connectivity index (χ4v) is 2.74. The molecule has 0 heterocycles. The molecular weight excluding hydrogens is 360 g/mol. The number of nitrogen functional groups attached to an aromatic ring is 1. The van der Waals surface area contributed by atoms with Crippen LogP contribution in [0.2, 0.25) is 0 Å². The van der Waals surface area contributed by atoms with Crippen molar-refractivity contribution in [3.63, 3.8) is 0 Å². The lowest BCUT2D eigenvalue weighted by Crippen LogP contribution is -2.10. The summed E-state index contributed by atoms with van der Waals surface area (Å²) in [5.74, 6) is 0.647. The molecule has 7 heteroatoms. The number of benzene rings is 3. The van der Waals surface area contributed by atoms with Crippen molar-refractivity contribution < 1.29 is 24.2 Å². The van der Waals surface area contributed by atoms with Crippen LogP contribution in [0.15, 0.2) is 60.7 Å². The Morgan fingerprint density at radius 1 is 0.929 bits per heavy atom. The van der Waals surface area contributed by atoms with Crippen LogP contribution in [0.4, 0.5) is 11.4 Å². The van der Waals surface area contributed by atoms with Gasteiger partial charge in [-0.25, -0.2) is 4.79 Å². The van der Waals surface area contributed by atoms with E-state index in [1.165, 1.54) is 14.2 Å². The first-order valence-corrected chi connectivity index (χ1v) is 8.40. The molecule has 4 N–H and O–H groups in total. The van der Waals surface area contributed by atoms with Gasteiger partial charge in [0.15, 0.2) is 0 Å². The summed E-state index contributed by atoms with van der Waals surface area (Å²) in [6.07, 6.45) is 0. The molecule has 0 aliphatic heterocycles. The van der Waals surface area contributed by atoms with Gasteiger partial charge in [-0.3, -0.25) is 10.7 Å². The third kappa shape index (κ3) is 3.99. The molecule has 0 radical (unpaired) electrons. The molecule has 0 aliphatic rings. The van der Waals surface area contributed by atoms with Gasteiger partial charge in [-0.1, -0.05) is 12.1 Å². The van der Waals surface area contributed by atoms with Crippen LogP contribution < -0.4 is 25.4 Å². The number of rotatable bonds is 6. The number of hydrogen-bond donors (Lipinski definition) is 3. The number of nitrogens with one attached hydrogen (secondary N) is 1. The van der Waals surface area contributed by atoms with Crippen molar-refractivity contribution in [1.82, 2.24) is 0 Å². The minimum atomic E-state index is -0.565. The second-order valence-corrected chi connectivity index (χ2v) is 5.90. The Labute approximate surface area is 162 Å². The number of methoxy groups -OCH3 is 2. The Kier molecular flexibility index (Phi) is 5.67. The highest BCUT2D eigenvalue weighted by molar-refractivity contribution is 5.94. The zero-order valence-electron chi connectivity index (χ0n) is 15.4. The van der Waals surface area contributed by atoms with E-state index in [9.17, 15) is 4.79 Å². The van der Waals surface area contributed by atoms with Crippen molar-refractivity contribution in [3.05, 3.63) is 66.2 Å². The second kappa shape index (κ2) is 8.32. The van der Waals surface area contributed by atoms with Gasteiger partial charge in [0.05, 0.1) is 19.9 Å². The molecule has 3 aromatic carbocycles. The number of anilines is 2. The standard InChI is InChI=1S/C21H20N2O5/c1-26-19-11-14(22)5-9-18(19)21(24)28-16-8-10-17(20(12-16)27-2)13-3-6-15(23-25)7-4-13/h3-12,23,25H,22H2,1-2H3. The predicted octanol–water partition coefficient (Wildman–Crippen LogP) is 3.97. The lowest BCUT2D eigenvalue weighted by atomic mass is 10.0. The molecule has 28 heavy (non-hydrogen) atoms. The summed E-state index contributed by atoms with van der Waals surface area (Å²) in [4.78, 5) is 12.5. The molecule has 0 fully saturated rings. The van der Waals surface area contributed by atoms with E-state index in [1.807, 2.05) is 12.1 Å². The lowest BCUT2D eigenvalue weighted by Gasteiger charge is -2.13. The molecule has 0 bridgehead atoms. The predicted molar refractivity (Wildman–Crippen MR) is 106 cm³/mol. The summed E-state index contributed by atoms with van der Waals surface area (Å²) in [5.41, 5.74) is 10.8. The summed E-state index contributed by atoms with van der Waals surface area (Å²) in [6, 6.07) is 17.0. The molecule has 0 spiro atoms. The van der Waals surface area contributed by atoms with E-state index < -0.39 is 5.97 Å². The zero-order valence-corrected chi connectivity index (χ0v) is 15.4. The minimum Gasteiger partial charge on any atom is -0.496 e. The number of esters is 1. The van der Waals surface area contributed by atoms with Crippen LogP contribution in [0, 0.1) is 0 Å². The highest BCUT2D eigenvalue weighted by Crippen LogP contribution is 2.34. The fourth-order valence-electron chi connectivity index (χ4n) is 2.74. The molecular formula is C21H20N2O5. The van der Waals surface area contributed by atoms with Gasteiger partial charge >= 0.3 is 5.97 Å². The smallest absolute Gasteiger partial charge is 0.347 e. The third-order valence-electron chi connectivity index (χ3n) is 4.15. The molecule has 0 saturated heterocycles. The van der Waals surface area contributed by atoms with E-state index in [2.05, 4.69) is 5.48 Å². The summed E-state index contributed by atoms with van der Waals surface area (Å²) in [5, 5.41) is 8.93. The quantitative estimate of drug-likeness (QED) is 0.257. The Hall–Kier alpha value is -3.71. The van der Waals surface area contributed by atoms with Crippen LogP contribution in [0.3, 0.4) is 0 Å². The Morgan fingerprint density at radius 2 is 1.64 bits per heavy atom. The van der Waals surface area contributed by atoms with Gasteiger partial charge in [0.25, 0.3) is 0 Å². The van der Waals surface area contributed by atoms with E-state index in [4.69, 9.17) is 25.2 Å². The first-order chi connectivity index (χ1) is 13.5. The van der Waals surface area contributed by atoms with E-state index in [-0.39, 0.29) is 5.56 Å². The maximum absolute atomic E-state index is 12.5. The van der Waals surface area contributed by atoms with Crippen LogP contribution in [0.5, 0.6) is 17.2 Å². The minimum absolute atomic E-state index is 0.270. The maximum atomic E-state index is 12.5. The highest BCUT2D eigenvalue weighted by Gasteiger charge is 2.16. The van der Waals surface area contributed by atoms with Crippen molar-refractivity contribution in [2.45, 2.75) is 0 Å². The maximum Gasteiger partial charge on any atom is 0.347 e. The first kappa shape index (κ1) is 19.1. The molecule has 0 atom stereocenters. The van der Waals surface area contributed by atoms with Gasteiger partial charge in [0.2, 0.25) is 0 Å². The van der Waals surface area contributed by atoms with Crippen molar-refractivity contribution in [3.8, 4) is 28.4 Å². The molecule has 0 amide bonds. The van der Waals surface area contributed by atoms with E-state index in [0.717, 1.165) is 11.1 Å². The Bertz CT molecular complexity index is 987. The van der Waals surface area contributed by atoms with E-state index in [0.29, 0.717) is 28.6 Å². The number of hydrogen-bond acceptors (Lipinski definition) is 7. The number of carbonyl (C=O) groups is 1. The highest BCUT2D eigenvalue weighted by atomic mass is 16.5. The summed E-state index contributed by atoms with van der Waals surface area (Å²) >= 11 is 0. The third-order valence-corrected chi connectivity index (χ3v) is 4.15. The van der Waals surface area contributed by atoms with Gasteiger partial charge in [-0.15, -0.1) is 0 Å². The van der Waals surface area contributed by atoms with E-state index >= 15 is 0 Å². The number of ether oxygens (including phenoxy) is 3. The first-order valence-electron chi connectivity index (χ1n) is 8.40. The second-order valence-electron chi connectivity index (χ2n) is 5.90. The monoisotopic (exact) mass is 380 g/mol. The largest absolute Gasteiger partial charge is 0.496 e. The van der Waals surface area contributed by atoms with Crippen molar-refractivity contribution in [2.24, 2.45) is 0 Å². The molecule has 0 aliphatic carbocycles. The van der Waals surface area contributed by atoms with Crippen LogP contribution >= 0.6 is 0 Å². The average Bonchev–Trinajstić information content (AvgIpc) is 2.73. The zero-order chi connectivity index (χ0) is 20.1. The molecule has 144 valence electrons. The van der Waals surface area contributed by atoms with Crippen molar-refractivity contribution in [2.75, 3.05) is 25.4 Å². The van der Waals surface area contributed by atoms with Crippen molar-refractivity contribution in [1.29, 1.82) is 0 Å². The van der Waals surface area contributed by atoms with Crippen LogP contribution in [0.1, 0.15) is 10.4 Å². The van der Waals surface area contributed by atoms with Gasteiger partial charge in [-0.2, -0.15) is 0 Å². The van der Waals surface area contributed by atoms with E-state index in [1.54, 1.807) is 48.5 Å². The molecule has 3 aromatic rings. The SMILES string of the molecule is COc1cc(N)ccc1C(=O)Oc1ccc(-c2ccc(NO)cc2)c(OC)c1. The Morgan fingerprint density at radius 3 is 2.29 bits per heavy atom. The van der Waals surface area contributed by atoms with Gasteiger partial charge < -0.3 is 19.9 Å². The van der Waals surface area contributed by atoms with Crippen molar-refractivity contribution >= 4 is 17.3 Å². The topological polar surface area (TPSA) is 103 Å². The summed E-state index contributed by atoms with van der Waals surface area (Å²) in [6.45, 7) is 0. The lowest BCUT2D eigenvalue weighted by molar-refractivity contribution is 0.0731. The molecule has 0 aromatic heterocycles. The average molecular weight is 380 g/mol. The summed E-state index contributed by atoms with van der Waals surface area (Å²) in [7, 11) is 3.00. The van der Waals surface area contributed by atoms with Gasteiger partial charge in [0, 0.05) is 23.4 Å². The van der Waals surface area contributed by atoms with Gasteiger partial charge in [0.1, 0.15) is 22.8 Å². The molecule has 7 nitrogen and oxygen atoms in total. The Balaban J connectivity index is 1.86. The summed E-state index contributed by atoms with van der Waals surface area (Å²) < 4.78 is 16.1. The normalized spacial score (nSPS) is 10.2. The van der Waals surface area contributed by atoms with Crippen LogP contribution in [-0.2, 0) is 0 Å². The fraction of sp³-hybridized carbons (Fsp3) is 0.0952. The van der Waals surface area contributed by atoms with Crippen LogP contribution in [-0.4, -0.2) is 25.4 Å². The number of nitrogens with two attached hydrogens (primary N) is 1. The molecule has 3 rings (SSSR count).